The van der Waals surface area contributed by atoms with E-state index in [-0.39, 0.29) is 18.3 Å². The predicted molar refractivity (Wildman–Crippen MR) is 59.5 cm³/mol. The van der Waals surface area contributed by atoms with E-state index in [0.29, 0.717) is 5.84 Å². The number of aliphatic imine (C=N–C) groups is 1. The third-order valence-electron chi connectivity index (χ3n) is 2.27. The second-order valence-electron chi connectivity index (χ2n) is 3.15. The van der Waals surface area contributed by atoms with E-state index in [4.69, 9.17) is 0 Å². The van der Waals surface area contributed by atoms with E-state index in [1.54, 1.807) is 6.08 Å². The maximum atomic E-state index is 11.0. The van der Waals surface area contributed by atoms with Crippen LogP contribution in [-0.4, -0.2) is 11.7 Å². The van der Waals surface area contributed by atoms with Crippen molar-refractivity contribution >= 4 is 29.7 Å². The third-order valence-corrected chi connectivity index (χ3v) is 2.27. The Labute approximate surface area is 92.0 Å². The molecule has 0 spiro atoms. The summed E-state index contributed by atoms with van der Waals surface area (Å²) < 4.78 is 0. The molecular formula is C11H7ClN2O. The van der Waals surface area contributed by atoms with Crippen LogP contribution in [0.3, 0.4) is 0 Å². The highest BCUT2D eigenvalue weighted by Crippen LogP contribution is 2.09. The van der Waals surface area contributed by atoms with Crippen LogP contribution < -0.4 is 10.6 Å². The Morgan fingerprint density at radius 2 is 1.80 bits per heavy atom. The van der Waals surface area contributed by atoms with Gasteiger partial charge in [0.05, 0.1) is 5.36 Å². The van der Waals surface area contributed by atoms with E-state index >= 15 is 0 Å². The molecule has 0 radical (unpaired) electrons. The number of amides is 1. The van der Waals surface area contributed by atoms with Crippen molar-refractivity contribution in [2.75, 3.05) is 0 Å². The van der Waals surface area contributed by atoms with Gasteiger partial charge in [0, 0.05) is 16.9 Å². The molecule has 0 aliphatic carbocycles. The molecular weight excluding hydrogens is 212 g/mol. The summed E-state index contributed by atoms with van der Waals surface area (Å²) in [5.74, 6) is 0.305. The lowest BCUT2D eigenvalue weighted by molar-refractivity contribution is -0.113. The van der Waals surface area contributed by atoms with Crippen molar-refractivity contribution < 1.29 is 4.79 Å². The van der Waals surface area contributed by atoms with Crippen LogP contribution in [0.4, 0.5) is 0 Å². The first-order valence-electron chi connectivity index (χ1n) is 4.34. The van der Waals surface area contributed by atoms with Crippen LogP contribution in [0.15, 0.2) is 46.4 Å². The highest BCUT2D eigenvalue weighted by atomic mass is 35.5. The highest BCUT2D eigenvalue weighted by molar-refractivity contribution is 6.28. The summed E-state index contributed by atoms with van der Waals surface area (Å²) >= 11 is 0. The summed E-state index contributed by atoms with van der Waals surface area (Å²) in [6.45, 7) is 0. The lowest BCUT2D eigenvalue weighted by atomic mass is 10.1. The number of dihydropyridines is 1. The van der Waals surface area contributed by atoms with Gasteiger partial charge in [-0.05, 0) is 12.1 Å². The number of amidine groups is 1. The molecule has 74 valence electrons. The van der Waals surface area contributed by atoms with Crippen LogP contribution in [0.2, 0.25) is 0 Å². The summed E-state index contributed by atoms with van der Waals surface area (Å²) in [5, 5.41) is 1.94. The Balaban J connectivity index is 0.000000853. The minimum absolute atomic E-state index is 0. The molecule has 2 aliphatic rings. The average Bonchev–Trinajstić information content (AvgIpc) is 2.54. The second kappa shape index (κ2) is 3.44. The molecule has 4 heteroatoms. The average molecular weight is 219 g/mol. The fourth-order valence-electron chi connectivity index (χ4n) is 1.64. The van der Waals surface area contributed by atoms with Crippen LogP contribution in [0.25, 0.3) is 5.57 Å². The first-order chi connectivity index (χ1) is 6.84. The van der Waals surface area contributed by atoms with E-state index in [1.165, 1.54) is 6.08 Å². The minimum atomic E-state index is -0.236. The Morgan fingerprint density at radius 3 is 2.67 bits per heavy atom. The zero-order valence-electron chi connectivity index (χ0n) is 7.68. The predicted octanol–water partition coefficient (Wildman–Crippen LogP) is 0.387. The number of carbonyl (C=O) groups is 1. The number of hydrogen-bond donors (Lipinski definition) is 0. The second-order valence-corrected chi connectivity index (χ2v) is 3.15. The highest BCUT2D eigenvalue weighted by Gasteiger charge is 2.16. The van der Waals surface area contributed by atoms with Crippen molar-refractivity contribution in [2.45, 2.75) is 0 Å². The van der Waals surface area contributed by atoms with Crippen LogP contribution >= 0.6 is 12.4 Å². The maximum absolute atomic E-state index is 11.0. The normalized spacial score (nSPS) is 16.1. The first-order valence-corrected chi connectivity index (χ1v) is 4.34. The number of rotatable bonds is 0. The standard InChI is InChI=1S/C11H6N2O.ClH/c14-10-6-5-8-7-3-1-2-4-9(7)12-11(8)13-10;/h1-6H;1H. The van der Waals surface area contributed by atoms with E-state index < -0.39 is 0 Å². The quantitative estimate of drug-likeness (QED) is 0.621. The molecule has 0 atom stereocenters. The molecule has 1 amide bonds. The van der Waals surface area contributed by atoms with E-state index in [9.17, 15) is 4.79 Å². The molecule has 3 rings (SSSR count). The molecule has 0 aromatic heterocycles. The number of fused-ring (bicyclic) bond motifs is 2. The van der Waals surface area contributed by atoms with E-state index in [1.807, 2.05) is 24.3 Å². The topological polar surface area (TPSA) is 41.8 Å². The molecule has 2 aliphatic heterocycles. The SMILES string of the molecule is Cl.O=C1C=CC2=c3ccccc3=NC2=N1. The molecule has 0 fully saturated rings. The van der Waals surface area contributed by atoms with Gasteiger partial charge < -0.3 is 0 Å². The van der Waals surface area contributed by atoms with Crippen molar-refractivity contribution in [3.8, 4) is 0 Å². The van der Waals surface area contributed by atoms with Crippen molar-refractivity contribution in [3.63, 3.8) is 0 Å². The number of nitrogens with zero attached hydrogens (tertiary/aromatic N) is 2. The van der Waals surface area contributed by atoms with Gasteiger partial charge in [-0.15, -0.1) is 12.4 Å². The molecule has 1 aromatic rings. The van der Waals surface area contributed by atoms with Gasteiger partial charge in [-0.2, -0.15) is 4.99 Å². The Hall–Kier alpha value is -1.74. The Kier molecular flexibility index (Phi) is 2.25. The molecule has 1 aromatic carbocycles. The molecule has 2 heterocycles. The van der Waals surface area contributed by atoms with Crippen molar-refractivity contribution in [3.05, 3.63) is 47.0 Å². The van der Waals surface area contributed by atoms with Gasteiger partial charge in [0.2, 0.25) is 0 Å². The summed E-state index contributed by atoms with van der Waals surface area (Å²) in [4.78, 5) is 19.1. The van der Waals surface area contributed by atoms with Crippen LogP contribution in [0.1, 0.15) is 0 Å². The fraction of sp³-hybridized carbons (Fsp3) is 0. The van der Waals surface area contributed by atoms with Gasteiger partial charge in [0.1, 0.15) is 0 Å². The van der Waals surface area contributed by atoms with Crippen molar-refractivity contribution in [2.24, 2.45) is 9.98 Å². The zero-order valence-corrected chi connectivity index (χ0v) is 8.49. The molecule has 0 saturated heterocycles. The molecule has 0 saturated carbocycles. The molecule has 0 bridgehead atoms. The molecule has 15 heavy (non-hydrogen) atoms. The van der Waals surface area contributed by atoms with Gasteiger partial charge in [-0.3, -0.25) is 4.79 Å². The van der Waals surface area contributed by atoms with Gasteiger partial charge >= 0.3 is 0 Å². The minimum Gasteiger partial charge on any atom is -0.267 e. The molecule has 0 N–H and O–H groups in total. The van der Waals surface area contributed by atoms with Crippen LogP contribution in [0, 0.1) is 0 Å². The molecule has 0 unspecified atom stereocenters. The van der Waals surface area contributed by atoms with Gasteiger partial charge in [-0.25, -0.2) is 4.99 Å². The summed E-state index contributed by atoms with van der Waals surface area (Å²) in [6, 6.07) is 7.78. The zero-order chi connectivity index (χ0) is 9.54. The largest absolute Gasteiger partial charge is 0.271 e. The monoisotopic (exact) mass is 218 g/mol. The maximum Gasteiger partial charge on any atom is 0.271 e. The van der Waals surface area contributed by atoms with Gasteiger partial charge in [0.15, 0.2) is 5.84 Å². The van der Waals surface area contributed by atoms with Crippen molar-refractivity contribution in [1.29, 1.82) is 0 Å². The number of carbonyl (C=O) groups excluding carboxylic acids is 1. The lowest BCUT2D eigenvalue weighted by Gasteiger charge is -1.99. The Bertz CT molecular complexity index is 614. The summed E-state index contributed by atoms with van der Waals surface area (Å²) in [7, 11) is 0. The summed E-state index contributed by atoms with van der Waals surface area (Å²) in [6.07, 6.45) is 3.25. The van der Waals surface area contributed by atoms with E-state index in [0.717, 1.165) is 16.1 Å². The lowest BCUT2D eigenvalue weighted by Crippen LogP contribution is -2.21. The fourth-order valence-corrected chi connectivity index (χ4v) is 1.64. The van der Waals surface area contributed by atoms with Crippen molar-refractivity contribution in [1.82, 2.24) is 0 Å². The van der Waals surface area contributed by atoms with Gasteiger partial charge in [0.25, 0.3) is 5.91 Å². The number of benzene rings is 1. The summed E-state index contributed by atoms with van der Waals surface area (Å²) in [5.41, 5.74) is 0.945. The van der Waals surface area contributed by atoms with Crippen LogP contribution in [0.5, 0.6) is 0 Å². The third kappa shape index (κ3) is 1.41. The smallest absolute Gasteiger partial charge is 0.267 e. The van der Waals surface area contributed by atoms with E-state index in [2.05, 4.69) is 9.98 Å². The number of para-hydroxylation sites is 1. The van der Waals surface area contributed by atoms with Crippen LogP contribution in [-0.2, 0) is 4.79 Å². The Morgan fingerprint density at radius 1 is 1.00 bits per heavy atom. The number of halogens is 1. The number of hydrogen-bond acceptors (Lipinski definition) is 2. The molecule has 3 nitrogen and oxygen atoms in total. The van der Waals surface area contributed by atoms with Gasteiger partial charge in [-0.1, -0.05) is 18.2 Å². The first kappa shape index (κ1) is 9.80.